The van der Waals surface area contributed by atoms with Gasteiger partial charge in [0.05, 0.1) is 12.8 Å². The number of nitrogens with one attached hydrogen (secondary N) is 1. The van der Waals surface area contributed by atoms with Crippen molar-refractivity contribution in [2.24, 2.45) is 5.10 Å². The normalized spacial score (nSPS) is 11.2. The Morgan fingerprint density at radius 3 is 1.73 bits per heavy atom. The van der Waals surface area contributed by atoms with Gasteiger partial charge in [-0.05, 0) is 42.7 Å². The van der Waals surface area contributed by atoms with Crippen molar-refractivity contribution in [1.82, 2.24) is 5.43 Å². The number of hydrogen-bond acceptors (Lipinski definition) is 3. The lowest BCUT2D eigenvalue weighted by atomic mass is 10.0. The van der Waals surface area contributed by atoms with Crippen LogP contribution in [0.4, 0.5) is 0 Å². The van der Waals surface area contributed by atoms with E-state index in [1.165, 1.54) is 83.5 Å². The number of carbonyl (C=O) groups excluding carboxylic acids is 1. The zero-order valence-electron chi connectivity index (χ0n) is 21.6. The van der Waals surface area contributed by atoms with Gasteiger partial charge in [0.25, 0.3) is 0 Å². The zero-order chi connectivity index (χ0) is 23.8. The molecule has 1 amide bonds. The Bertz CT molecular complexity index is 598. The number of benzene rings is 1. The molecule has 0 unspecified atom stereocenters. The van der Waals surface area contributed by atoms with Crippen LogP contribution in [0, 0.1) is 0 Å². The van der Waals surface area contributed by atoms with Crippen molar-refractivity contribution in [2.75, 3.05) is 6.61 Å². The summed E-state index contributed by atoms with van der Waals surface area (Å²) in [7, 11) is 0. The van der Waals surface area contributed by atoms with Crippen LogP contribution in [0.3, 0.4) is 0 Å². The molecule has 0 aliphatic rings. The molecule has 0 atom stereocenters. The number of carbonyl (C=O) groups is 1. The minimum Gasteiger partial charge on any atom is -0.494 e. The molecule has 0 bridgehead atoms. The Labute approximate surface area is 204 Å². The summed E-state index contributed by atoms with van der Waals surface area (Å²) in [6.07, 6.45) is 24.4. The monoisotopic (exact) mass is 458 g/mol. The van der Waals surface area contributed by atoms with E-state index in [2.05, 4.69) is 24.4 Å². The second-order valence-corrected chi connectivity index (χ2v) is 9.26. The molecule has 33 heavy (non-hydrogen) atoms. The molecule has 0 aromatic heterocycles. The summed E-state index contributed by atoms with van der Waals surface area (Å²) in [6, 6.07) is 7.78. The zero-order valence-corrected chi connectivity index (χ0v) is 21.6. The van der Waals surface area contributed by atoms with Gasteiger partial charge in [0.15, 0.2) is 0 Å². The number of hydrazone groups is 1. The number of amides is 1. The first-order chi connectivity index (χ1) is 16.3. The number of ether oxygens (including phenoxy) is 1. The third kappa shape index (κ3) is 18.3. The molecule has 188 valence electrons. The maximum Gasteiger partial charge on any atom is 0.240 e. The average molecular weight is 459 g/mol. The molecule has 0 heterocycles. The number of hydrogen-bond donors (Lipinski definition) is 1. The van der Waals surface area contributed by atoms with Crippen LogP contribution < -0.4 is 10.2 Å². The van der Waals surface area contributed by atoms with Gasteiger partial charge in [-0.3, -0.25) is 4.79 Å². The lowest BCUT2D eigenvalue weighted by Crippen LogP contribution is -2.16. The van der Waals surface area contributed by atoms with E-state index in [0.717, 1.165) is 43.6 Å². The highest BCUT2D eigenvalue weighted by Gasteiger charge is 2.00. The predicted molar refractivity (Wildman–Crippen MR) is 142 cm³/mol. The Hall–Kier alpha value is -1.84. The fraction of sp³-hybridized carbons (Fsp3) is 0.724. The summed E-state index contributed by atoms with van der Waals surface area (Å²) >= 11 is 0. The van der Waals surface area contributed by atoms with Gasteiger partial charge >= 0.3 is 0 Å². The molecule has 0 saturated carbocycles. The van der Waals surface area contributed by atoms with Gasteiger partial charge in [-0.2, -0.15) is 5.10 Å². The highest BCUT2D eigenvalue weighted by molar-refractivity contribution is 5.82. The highest BCUT2D eigenvalue weighted by Crippen LogP contribution is 2.14. The van der Waals surface area contributed by atoms with E-state index in [-0.39, 0.29) is 5.91 Å². The molecule has 0 fully saturated rings. The molecule has 4 heteroatoms. The summed E-state index contributed by atoms with van der Waals surface area (Å²) in [5.74, 6) is 0.873. The van der Waals surface area contributed by atoms with Crippen LogP contribution in [0.2, 0.25) is 0 Å². The number of rotatable bonds is 22. The van der Waals surface area contributed by atoms with Crippen molar-refractivity contribution in [1.29, 1.82) is 0 Å². The van der Waals surface area contributed by atoms with E-state index < -0.39 is 0 Å². The van der Waals surface area contributed by atoms with E-state index >= 15 is 0 Å². The van der Waals surface area contributed by atoms with Crippen LogP contribution in [0.25, 0.3) is 0 Å². The lowest BCUT2D eigenvalue weighted by molar-refractivity contribution is -0.121. The van der Waals surface area contributed by atoms with Crippen LogP contribution in [0.15, 0.2) is 29.4 Å². The Balaban J connectivity index is 1.91. The highest BCUT2D eigenvalue weighted by atomic mass is 16.5. The standard InChI is InChI=1S/C29H50N2O2/c1-3-5-7-8-9-10-11-12-13-14-15-16-17-18-19-20-29(32)31-30-26-27-21-23-28(24-22-27)33-25-6-4-2/h21-24,26H,3-20,25H2,1-2H3,(H,31,32)/b30-26+. The van der Waals surface area contributed by atoms with Crippen molar-refractivity contribution in [2.45, 2.75) is 129 Å². The topological polar surface area (TPSA) is 50.7 Å². The Kier molecular flexibility index (Phi) is 19.4. The van der Waals surface area contributed by atoms with Crippen LogP contribution in [0.1, 0.15) is 135 Å². The molecule has 0 aliphatic carbocycles. The first-order valence-electron chi connectivity index (χ1n) is 13.8. The molecule has 0 radical (unpaired) electrons. The van der Waals surface area contributed by atoms with E-state index in [9.17, 15) is 4.79 Å². The number of unbranched alkanes of at least 4 members (excludes halogenated alkanes) is 15. The second-order valence-electron chi connectivity index (χ2n) is 9.26. The van der Waals surface area contributed by atoms with Gasteiger partial charge in [-0.25, -0.2) is 5.43 Å². The van der Waals surface area contributed by atoms with Crippen molar-refractivity contribution in [3.8, 4) is 5.75 Å². The molecule has 1 aromatic rings. The molecule has 1 aromatic carbocycles. The number of nitrogens with zero attached hydrogens (tertiary/aromatic N) is 1. The third-order valence-corrected chi connectivity index (χ3v) is 6.06. The van der Waals surface area contributed by atoms with Crippen molar-refractivity contribution >= 4 is 12.1 Å². The quantitative estimate of drug-likeness (QED) is 0.107. The van der Waals surface area contributed by atoms with Crippen molar-refractivity contribution in [3.63, 3.8) is 0 Å². The molecule has 1 N–H and O–H groups in total. The summed E-state index contributed by atoms with van der Waals surface area (Å²) in [5, 5.41) is 4.07. The van der Waals surface area contributed by atoms with E-state index in [4.69, 9.17) is 4.74 Å². The smallest absolute Gasteiger partial charge is 0.240 e. The molecular formula is C29H50N2O2. The molecule has 1 rings (SSSR count). The maximum atomic E-state index is 11.9. The van der Waals surface area contributed by atoms with Crippen LogP contribution >= 0.6 is 0 Å². The van der Waals surface area contributed by atoms with Gasteiger partial charge in [-0.15, -0.1) is 0 Å². The van der Waals surface area contributed by atoms with Crippen molar-refractivity contribution in [3.05, 3.63) is 29.8 Å². The third-order valence-electron chi connectivity index (χ3n) is 6.06. The molecular weight excluding hydrogens is 408 g/mol. The summed E-state index contributed by atoms with van der Waals surface area (Å²) in [4.78, 5) is 11.9. The van der Waals surface area contributed by atoms with Gasteiger partial charge < -0.3 is 4.74 Å². The first-order valence-corrected chi connectivity index (χ1v) is 13.8. The fourth-order valence-electron chi connectivity index (χ4n) is 3.88. The summed E-state index contributed by atoms with van der Waals surface area (Å²) in [6.45, 7) is 5.18. The van der Waals surface area contributed by atoms with Crippen LogP contribution in [-0.4, -0.2) is 18.7 Å². The minimum absolute atomic E-state index is 0.000429. The molecule has 0 aliphatic heterocycles. The van der Waals surface area contributed by atoms with Gasteiger partial charge in [0, 0.05) is 6.42 Å². The van der Waals surface area contributed by atoms with Crippen LogP contribution in [0.5, 0.6) is 5.75 Å². The van der Waals surface area contributed by atoms with E-state index in [1.807, 2.05) is 24.3 Å². The van der Waals surface area contributed by atoms with Gasteiger partial charge in [0.2, 0.25) is 5.91 Å². The van der Waals surface area contributed by atoms with Crippen molar-refractivity contribution < 1.29 is 9.53 Å². The van der Waals surface area contributed by atoms with E-state index in [0.29, 0.717) is 6.42 Å². The maximum absolute atomic E-state index is 11.9. The SMILES string of the molecule is CCCCCCCCCCCCCCCCCC(=O)N/N=C/c1ccc(OCCCC)cc1. The predicted octanol–water partition coefficient (Wildman–Crippen LogP) is 8.58. The first kappa shape index (κ1) is 29.2. The largest absolute Gasteiger partial charge is 0.494 e. The fourth-order valence-corrected chi connectivity index (χ4v) is 3.88. The van der Waals surface area contributed by atoms with Gasteiger partial charge in [0.1, 0.15) is 5.75 Å². The van der Waals surface area contributed by atoms with E-state index in [1.54, 1.807) is 6.21 Å². The lowest BCUT2D eigenvalue weighted by Gasteiger charge is -2.05. The molecule has 4 nitrogen and oxygen atoms in total. The molecule has 0 saturated heterocycles. The molecule has 0 spiro atoms. The minimum atomic E-state index is 0.000429. The second kappa shape index (κ2) is 22.0. The summed E-state index contributed by atoms with van der Waals surface area (Å²) < 4.78 is 5.65. The Morgan fingerprint density at radius 2 is 1.21 bits per heavy atom. The summed E-state index contributed by atoms with van der Waals surface area (Å²) in [5.41, 5.74) is 3.59. The Morgan fingerprint density at radius 1 is 0.727 bits per heavy atom. The van der Waals surface area contributed by atoms with Gasteiger partial charge in [-0.1, -0.05) is 110 Å². The van der Waals surface area contributed by atoms with Crippen LogP contribution in [-0.2, 0) is 4.79 Å². The average Bonchev–Trinajstić information content (AvgIpc) is 2.83.